The number of fused-ring (bicyclic) bond motifs is 1. The quantitative estimate of drug-likeness (QED) is 0.706. The average Bonchev–Trinajstić information content (AvgIpc) is 2.73. The van der Waals surface area contributed by atoms with Crippen LogP contribution in [0.3, 0.4) is 0 Å². The average molecular weight is 318 g/mol. The SMILES string of the molecule is CC1=Cc2ccccc2C1[SiH](C)C.CN(C)C(=O)C(C)(C)C. The Bertz CT molecular complexity index is 553. The maximum Gasteiger partial charge on any atom is 0.227 e. The first-order chi connectivity index (χ1) is 10.1. The third kappa shape index (κ3) is 4.57. The van der Waals surface area contributed by atoms with Gasteiger partial charge in [-0.05, 0) is 23.6 Å². The van der Waals surface area contributed by atoms with E-state index in [1.807, 2.05) is 20.8 Å². The van der Waals surface area contributed by atoms with Crippen LogP contribution in [0.5, 0.6) is 0 Å². The van der Waals surface area contributed by atoms with E-state index in [0.29, 0.717) is 0 Å². The molecule has 2 nitrogen and oxygen atoms in total. The van der Waals surface area contributed by atoms with Crippen molar-refractivity contribution in [2.24, 2.45) is 5.41 Å². The zero-order valence-electron chi connectivity index (χ0n) is 15.4. The van der Waals surface area contributed by atoms with Gasteiger partial charge in [0.05, 0.1) is 0 Å². The molecule has 0 bridgehead atoms. The van der Waals surface area contributed by atoms with E-state index in [9.17, 15) is 4.79 Å². The molecule has 0 saturated carbocycles. The molecule has 0 heterocycles. The van der Waals surface area contributed by atoms with Gasteiger partial charge < -0.3 is 4.90 Å². The van der Waals surface area contributed by atoms with Crippen molar-refractivity contribution in [2.45, 2.75) is 46.3 Å². The van der Waals surface area contributed by atoms with Crippen molar-refractivity contribution >= 4 is 20.8 Å². The molecule has 2 rings (SSSR count). The zero-order valence-corrected chi connectivity index (χ0v) is 16.6. The molecule has 0 saturated heterocycles. The lowest BCUT2D eigenvalue weighted by atomic mass is 9.95. The van der Waals surface area contributed by atoms with Gasteiger partial charge in [0.25, 0.3) is 0 Å². The van der Waals surface area contributed by atoms with E-state index >= 15 is 0 Å². The minimum absolute atomic E-state index is 0.169. The van der Waals surface area contributed by atoms with Gasteiger partial charge in [0.15, 0.2) is 0 Å². The maximum absolute atomic E-state index is 11.1. The van der Waals surface area contributed by atoms with Gasteiger partial charge in [0.2, 0.25) is 5.91 Å². The molecule has 122 valence electrons. The molecule has 22 heavy (non-hydrogen) atoms. The number of carbonyl (C=O) groups excluding carboxylic acids is 1. The number of amides is 1. The van der Waals surface area contributed by atoms with Crippen molar-refractivity contribution in [3.8, 4) is 0 Å². The smallest absolute Gasteiger partial charge is 0.227 e. The van der Waals surface area contributed by atoms with Crippen molar-refractivity contribution in [3.63, 3.8) is 0 Å². The van der Waals surface area contributed by atoms with E-state index < -0.39 is 8.80 Å². The summed E-state index contributed by atoms with van der Waals surface area (Å²) in [6.07, 6.45) is 2.35. The van der Waals surface area contributed by atoms with Crippen LogP contribution in [0.4, 0.5) is 0 Å². The maximum atomic E-state index is 11.1. The first-order valence-electron chi connectivity index (χ1n) is 8.04. The Kier molecular flexibility index (Phi) is 6.18. The fraction of sp³-hybridized carbons (Fsp3) is 0.526. The van der Waals surface area contributed by atoms with Gasteiger partial charge >= 0.3 is 0 Å². The molecule has 1 aromatic carbocycles. The normalized spacial score (nSPS) is 16.6. The van der Waals surface area contributed by atoms with Gasteiger partial charge in [-0.1, -0.05) is 69.8 Å². The van der Waals surface area contributed by atoms with E-state index in [4.69, 9.17) is 0 Å². The fourth-order valence-corrected chi connectivity index (χ4v) is 5.23. The van der Waals surface area contributed by atoms with Crippen LogP contribution in [-0.2, 0) is 4.79 Å². The highest BCUT2D eigenvalue weighted by Gasteiger charge is 2.25. The Morgan fingerprint density at radius 1 is 1.14 bits per heavy atom. The lowest BCUT2D eigenvalue weighted by Gasteiger charge is -2.21. The lowest BCUT2D eigenvalue weighted by molar-refractivity contribution is -0.136. The molecule has 0 radical (unpaired) electrons. The first kappa shape index (κ1) is 18.7. The monoisotopic (exact) mass is 317 g/mol. The molecule has 1 atom stereocenters. The summed E-state index contributed by atoms with van der Waals surface area (Å²) >= 11 is 0. The molecular formula is C19H31NOSi. The molecule has 0 aliphatic heterocycles. The summed E-state index contributed by atoms with van der Waals surface area (Å²) in [5, 5.41) is 0. The molecule has 1 aromatic rings. The summed E-state index contributed by atoms with van der Waals surface area (Å²) in [6, 6.07) is 8.82. The third-order valence-corrected chi connectivity index (χ3v) is 6.14. The molecule has 1 aliphatic rings. The lowest BCUT2D eigenvalue weighted by Crippen LogP contribution is -2.33. The summed E-state index contributed by atoms with van der Waals surface area (Å²) < 4.78 is 0. The van der Waals surface area contributed by atoms with Crippen molar-refractivity contribution in [3.05, 3.63) is 41.0 Å². The molecule has 1 unspecified atom stereocenters. The Morgan fingerprint density at radius 3 is 2.09 bits per heavy atom. The van der Waals surface area contributed by atoms with Crippen molar-refractivity contribution in [2.75, 3.05) is 14.1 Å². The molecule has 0 aromatic heterocycles. The second-order valence-electron chi connectivity index (χ2n) is 7.69. The molecule has 0 spiro atoms. The van der Waals surface area contributed by atoms with Crippen LogP contribution < -0.4 is 0 Å². The summed E-state index contributed by atoms with van der Waals surface area (Å²) in [7, 11) is 2.96. The number of hydrogen-bond donors (Lipinski definition) is 0. The Morgan fingerprint density at radius 2 is 1.68 bits per heavy atom. The molecule has 0 fully saturated rings. The number of rotatable bonds is 1. The van der Waals surface area contributed by atoms with Gasteiger partial charge in [-0.2, -0.15) is 0 Å². The van der Waals surface area contributed by atoms with Crippen LogP contribution in [0.25, 0.3) is 6.08 Å². The van der Waals surface area contributed by atoms with Gasteiger partial charge in [-0.15, -0.1) is 0 Å². The minimum Gasteiger partial charge on any atom is -0.348 e. The number of carbonyl (C=O) groups is 1. The second kappa shape index (κ2) is 7.27. The Balaban J connectivity index is 0.000000239. The van der Waals surface area contributed by atoms with E-state index in [0.717, 1.165) is 5.54 Å². The predicted molar refractivity (Wildman–Crippen MR) is 99.9 cm³/mol. The highest BCUT2D eigenvalue weighted by Crippen LogP contribution is 2.37. The highest BCUT2D eigenvalue weighted by atomic mass is 28.3. The van der Waals surface area contributed by atoms with Gasteiger partial charge in [-0.3, -0.25) is 4.79 Å². The van der Waals surface area contributed by atoms with Crippen LogP contribution >= 0.6 is 0 Å². The second-order valence-corrected chi connectivity index (χ2v) is 10.8. The van der Waals surface area contributed by atoms with E-state index in [1.54, 1.807) is 30.1 Å². The van der Waals surface area contributed by atoms with Crippen LogP contribution in [0.2, 0.25) is 13.1 Å². The summed E-state index contributed by atoms with van der Waals surface area (Å²) in [5.74, 6) is 0.169. The van der Waals surface area contributed by atoms with E-state index in [2.05, 4.69) is 50.4 Å². The minimum atomic E-state index is -0.586. The summed E-state index contributed by atoms with van der Waals surface area (Å²) in [6.45, 7) is 12.9. The van der Waals surface area contributed by atoms with Crippen LogP contribution in [0.15, 0.2) is 29.8 Å². The number of allylic oxidation sites excluding steroid dienone is 1. The largest absolute Gasteiger partial charge is 0.348 e. The number of benzene rings is 1. The van der Waals surface area contributed by atoms with E-state index in [-0.39, 0.29) is 11.3 Å². The summed E-state index contributed by atoms with van der Waals surface area (Å²) in [4.78, 5) is 12.7. The molecule has 1 aliphatic carbocycles. The van der Waals surface area contributed by atoms with Crippen LogP contribution in [-0.4, -0.2) is 33.7 Å². The molecular weight excluding hydrogens is 286 g/mol. The predicted octanol–water partition coefficient (Wildman–Crippen LogP) is 4.33. The molecule has 1 amide bonds. The fourth-order valence-electron chi connectivity index (χ4n) is 3.06. The zero-order chi connectivity index (χ0) is 17.1. The first-order valence-corrected chi connectivity index (χ1v) is 11.0. The standard InChI is InChI=1S/C12H16Si.C7H15NO/c1-9-8-10-6-4-5-7-11(10)12(9)13(2)3;1-7(2,3)6(9)8(4)5/h4-8,12-13H,1-3H3;1-5H3. The summed E-state index contributed by atoms with van der Waals surface area (Å²) in [5.41, 5.74) is 5.15. The van der Waals surface area contributed by atoms with Gasteiger partial charge in [-0.25, -0.2) is 0 Å². The van der Waals surface area contributed by atoms with Gasteiger partial charge in [0.1, 0.15) is 0 Å². The third-order valence-electron chi connectivity index (χ3n) is 3.92. The van der Waals surface area contributed by atoms with E-state index in [1.165, 1.54) is 5.56 Å². The topological polar surface area (TPSA) is 20.3 Å². The van der Waals surface area contributed by atoms with Gasteiger partial charge in [0, 0.05) is 28.3 Å². The number of hydrogen-bond acceptors (Lipinski definition) is 1. The van der Waals surface area contributed by atoms with Crippen molar-refractivity contribution < 1.29 is 4.79 Å². The number of nitrogens with zero attached hydrogens (tertiary/aromatic N) is 1. The molecule has 0 N–H and O–H groups in total. The van der Waals surface area contributed by atoms with Crippen molar-refractivity contribution in [1.82, 2.24) is 4.90 Å². The van der Waals surface area contributed by atoms with Crippen LogP contribution in [0.1, 0.15) is 44.4 Å². The Hall–Kier alpha value is -1.35. The van der Waals surface area contributed by atoms with Crippen molar-refractivity contribution in [1.29, 1.82) is 0 Å². The van der Waals surface area contributed by atoms with Crippen LogP contribution in [0, 0.1) is 5.41 Å². The molecule has 3 heteroatoms. The Labute approximate surface area is 137 Å². The highest BCUT2D eigenvalue weighted by molar-refractivity contribution is 6.58.